The average molecular weight is 342 g/mol. The van der Waals surface area contributed by atoms with Gasteiger partial charge in [0.1, 0.15) is 12.4 Å². The molecule has 0 spiro atoms. The van der Waals surface area contributed by atoms with Gasteiger partial charge in [-0.25, -0.2) is 4.39 Å². The summed E-state index contributed by atoms with van der Waals surface area (Å²) in [5.41, 5.74) is 0.343. The van der Waals surface area contributed by atoms with E-state index in [-0.39, 0.29) is 17.3 Å². The third kappa shape index (κ3) is 3.52. The molecule has 0 bridgehead atoms. The number of carbonyl (C=O) groups is 2. The Morgan fingerprint density at radius 2 is 2.15 bits per heavy atom. The highest BCUT2D eigenvalue weighted by Gasteiger charge is 2.34. The van der Waals surface area contributed by atoms with Crippen LogP contribution >= 0.6 is 15.9 Å². The summed E-state index contributed by atoms with van der Waals surface area (Å²) in [5.74, 6) is -1.48. The number of anilines is 1. The van der Waals surface area contributed by atoms with Crippen molar-refractivity contribution >= 4 is 33.2 Å². The third-order valence-corrected chi connectivity index (χ3v) is 3.60. The Balaban J connectivity index is 2.17. The van der Waals surface area contributed by atoms with Crippen LogP contribution in [0.3, 0.4) is 0 Å². The number of hydrogen-bond acceptors (Lipinski definition) is 4. The monoisotopic (exact) mass is 341 g/mol. The molecular formula is C14H13BrFNO3. The molecule has 0 heterocycles. The first-order valence-corrected chi connectivity index (χ1v) is 6.92. The molecule has 1 aliphatic carbocycles. The van der Waals surface area contributed by atoms with E-state index in [0.717, 1.165) is 12.8 Å². The second-order valence-electron chi connectivity index (χ2n) is 4.55. The minimum absolute atomic E-state index is 0.0710. The van der Waals surface area contributed by atoms with E-state index in [0.29, 0.717) is 10.2 Å². The van der Waals surface area contributed by atoms with Gasteiger partial charge in [-0.15, -0.1) is 0 Å². The Hall–Kier alpha value is -1.53. The van der Waals surface area contributed by atoms with Gasteiger partial charge in [0, 0.05) is 17.8 Å². The number of ketones is 2. The lowest BCUT2D eigenvalue weighted by atomic mass is 10.0. The third-order valence-electron chi connectivity index (χ3n) is 2.96. The fourth-order valence-electron chi connectivity index (χ4n) is 1.68. The lowest BCUT2D eigenvalue weighted by Gasteiger charge is -2.06. The summed E-state index contributed by atoms with van der Waals surface area (Å²) in [6.07, 6.45) is 2.77. The SMILES string of the molecule is O=C(CO)/C(=C\Nc1ccc(Br)c(F)c1)C(=O)C1CC1. The van der Waals surface area contributed by atoms with Crippen molar-refractivity contribution in [2.45, 2.75) is 12.8 Å². The highest BCUT2D eigenvalue weighted by atomic mass is 79.9. The molecule has 0 saturated heterocycles. The van der Waals surface area contributed by atoms with Gasteiger partial charge < -0.3 is 10.4 Å². The van der Waals surface area contributed by atoms with Crippen molar-refractivity contribution in [1.29, 1.82) is 0 Å². The van der Waals surface area contributed by atoms with Crippen molar-refractivity contribution < 1.29 is 19.1 Å². The predicted octanol–water partition coefficient (Wildman–Crippen LogP) is 2.42. The Kier molecular flexibility index (Phi) is 4.67. The second-order valence-corrected chi connectivity index (χ2v) is 5.41. The summed E-state index contributed by atoms with van der Waals surface area (Å²) in [4.78, 5) is 23.5. The van der Waals surface area contributed by atoms with Gasteiger partial charge in [-0.2, -0.15) is 0 Å². The zero-order chi connectivity index (χ0) is 14.7. The zero-order valence-electron chi connectivity index (χ0n) is 10.5. The summed E-state index contributed by atoms with van der Waals surface area (Å²) in [7, 11) is 0. The highest BCUT2D eigenvalue weighted by Crippen LogP contribution is 2.32. The minimum atomic E-state index is -0.722. The van der Waals surface area contributed by atoms with Crippen molar-refractivity contribution in [3.05, 3.63) is 40.3 Å². The predicted molar refractivity (Wildman–Crippen MR) is 75.6 cm³/mol. The summed E-state index contributed by atoms with van der Waals surface area (Å²) >= 11 is 3.03. The van der Waals surface area contributed by atoms with E-state index in [1.54, 1.807) is 6.07 Å². The van der Waals surface area contributed by atoms with Gasteiger partial charge in [-0.1, -0.05) is 0 Å². The van der Waals surface area contributed by atoms with E-state index < -0.39 is 18.2 Å². The molecule has 1 aromatic carbocycles. The molecule has 0 atom stereocenters. The fourth-order valence-corrected chi connectivity index (χ4v) is 1.93. The van der Waals surface area contributed by atoms with Gasteiger partial charge in [0.15, 0.2) is 11.6 Å². The number of carbonyl (C=O) groups excluding carboxylic acids is 2. The summed E-state index contributed by atoms with van der Waals surface area (Å²) < 4.78 is 13.7. The van der Waals surface area contributed by atoms with Crippen LogP contribution < -0.4 is 5.32 Å². The van der Waals surface area contributed by atoms with Gasteiger partial charge >= 0.3 is 0 Å². The molecular weight excluding hydrogens is 329 g/mol. The van der Waals surface area contributed by atoms with E-state index in [2.05, 4.69) is 21.2 Å². The number of hydrogen-bond donors (Lipinski definition) is 2. The number of rotatable bonds is 6. The number of halogens is 2. The van der Waals surface area contributed by atoms with Crippen LogP contribution in [0.25, 0.3) is 0 Å². The topological polar surface area (TPSA) is 66.4 Å². The van der Waals surface area contributed by atoms with Crippen LogP contribution in [0.2, 0.25) is 0 Å². The Bertz CT molecular complexity index is 582. The van der Waals surface area contributed by atoms with E-state index in [4.69, 9.17) is 5.11 Å². The number of Topliss-reactive ketones (excluding diaryl/α,β-unsaturated/α-hetero) is 2. The summed E-state index contributed by atoms with van der Waals surface area (Å²) in [6.45, 7) is -0.722. The van der Waals surface area contributed by atoms with Crippen LogP contribution in [0.1, 0.15) is 12.8 Å². The Morgan fingerprint density at radius 3 is 2.70 bits per heavy atom. The largest absolute Gasteiger partial charge is 0.388 e. The number of benzene rings is 1. The van der Waals surface area contributed by atoms with Gasteiger partial charge in [0.05, 0.1) is 10.0 Å². The van der Waals surface area contributed by atoms with Gasteiger partial charge in [-0.05, 0) is 47.0 Å². The number of aliphatic hydroxyl groups is 1. The molecule has 0 amide bonds. The molecule has 1 aliphatic rings. The zero-order valence-corrected chi connectivity index (χ0v) is 12.1. The van der Waals surface area contributed by atoms with Crippen molar-refractivity contribution in [3.8, 4) is 0 Å². The molecule has 0 radical (unpaired) electrons. The molecule has 1 saturated carbocycles. The van der Waals surface area contributed by atoms with Crippen LogP contribution in [0.15, 0.2) is 34.4 Å². The fraction of sp³-hybridized carbons (Fsp3) is 0.286. The van der Waals surface area contributed by atoms with Gasteiger partial charge in [-0.3, -0.25) is 9.59 Å². The first-order chi connectivity index (χ1) is 9.52. The van der Waals surface area contributed by atoms with E-state index >= 15 is 0 Å². The van der Waals surface area contributed by atoms with Crippen molar-refractivity contribution in [2.24, 2.45) is 5.92 Å². The quantitative estimate of drug-likeness (QED) is 0.473. The average Bonchev–Trinajstić information content (AvgIpc) is 3.26. The maximum absolute atomic E-state index is 13.3. The van der Waals surface area contributed by atoms with E-state index in [1.807, 2.05) is 0 Å². The molecule has 0 unspecified atom stereocenters. The van der Waals surface area contributed by atoms with E-state index in [9.17, 15) is 14.0 Å². The molecule has 106 valence electrons. The number of aliphatic hydroxyl groups excluding tert-OH is 1. The smallest absolute Gasteiger partial charge is 0.193 e. The second kappa shape index (κ2) is 6.28. The normalized spacial score (nSPS) is 15.1. The van der Waals surface area contributed by atoms with Crippen molar-refractivity contribution in [2.75, 3.05) is 11.9 Å². The van der Waals surface area contributed by atoms with Crippen LogP contribution in [0.4, 0.5) is 10.1 Å². The van der Waals surface area contributed by atoms with Crippen LogP contribution in [-0.4, -0.2) is 23.3 Å². The van der Waals surface area contributed by atoms with Crippen molar-refractivity contribution in [3.63, 3.8) is 0 Å². The molecule has 0 aromatic heterocycles. The molecule has 6 heteroatoms. The molecule has 20 heavy (non-hydrogen) atoms. The molecule has 0 aliphatic heterocycles. The van der Waals surface area contributed by atoms with Crippen molar-refractivity contribution in [1.82, 2.24) is 0 Å². The van der Waals surface area contributed by atoms with Gasteiger partial charge in [0.2, 0.25) is 0 Å². The first-order valence-electron chi connectivity index (χ1n) is 6.13. The van der Waals surface area contributed by atoms with Crippen LogP contribution in [-0.2, 0) is 9.59 Å². The maximum Gasteiger partial charge on any atom is 0.193 e. The molecule has 2 N–H and O–H groups in total. The van der Waals surface area contributed by atoms with E-state index in [1.165, 1.54) is 18.3 Å². The number of nitrogens with one attached hydrogen (secondary N) is 1. The van der Waals surface area contributed by atoms with Crippen LogP contribution in [0, 0.1) is 11.7 Å². The molecule has 1 aromatic rings. The maximum atomic E-state index is 13.3. The lowest BCUT2D eigenvalue weighted by Crippen LogP contribution is -2.18. The lowest BCUT2D eigenvalue weighted by molar-refractivity contribution is -0.123. The standard InChI is InChI=1S/C14H13BrFNO3/c15-11-4-3-9(5-12(11)16)17-6-10(13(19)7-18)14(20)8-1-2-8/h3-6,8,17-18H,1-2,7H2/b10-6+. The highest BCUT2D eigenvalue weighted by molar-refractivity contribution is 9.10. The summed E-state index contributed by atoms with van der Waals surface area (Å²) in [6, 6.07) is 4.36. The molecule has 1 fully saturated rings. The van der Waals surface area contributed by atoms with Gasteiger partial charge in [0.25, 0.3) is 0 Å². The molecule has 4 nitrogen and oxygen atoms in total. The minimum Gasteiger partial charge on any atom is -0.388 e. The Labute approximate surface area is 123 Å². The molecule has 2 rings (SSSR count). The summed E-state index contributed by atoms with van der Waals surface area (Å²) in [5, 5.41) is 11.6. The first kappa shape index (κ1) is 14.9. The van der Waals surface area contributed by atoms with Crippen LogP contribution in [0.5, 0.6) is 0 Å². The Morgan fingerprint density at radius 1 is 1.45 bits per heavy atom.